The van der Waals surface area contributed by atoms with Crippen molar-refractivity contribution in [1.29, 1.82) is 0 Å². The van der Waals surface area contributed by atoms with E-state index in [0.717, 1.165) is 6.92 Å². The second kappa shape index (κ2) is 5.11. The van der Waals surface area contributed by atoms with Gasteiger partial charge in [-0.05, 0) is 13.8 Å². The first-order valence-corrected chi connectivity index (χ1v) is 6.10. The highest BCUT2D eigenvalue weighted by Gasteiger charge is 2.27. The molecule has 0 radical (unpaired) electrons. The number of hydrogen-bond donors (Lipinski definition) is 2. The van der Waals surface area contributed by atoms with Crippen LogP contribution in [0.15, 0.2) is 0 Å². The molecule has 6 nitrogen and oxygen atoms in total. The summed E-state index contributed by atoms with van der Waals surface area (Å²) in [4.78, 5) is 21.3. The average molecular weight is 237 g/mol. The Morgan fingerprint density at radius 2 is 1.80 bits per heavy atom. The van der Waals surface area contributed by atoms with E-state index in [1.165, 1.54) is 13.8 Å². The summed E-state index contributed by atoms with van der Waals surface area (Å²) in [7, 11) is -3.48. The monoisotopic (exact) mass is 237 g/mol. The summed E-state index contributed by atoms with van der Waals surface area (Å²) < 4.78 is 22.8. The molecular formula is C8H15NO5S. The normalized spacial score (nSPS) is 13.6. The lowest BCUT2D eigenvalue weighted by Gasteiger charge is -2.15. The molecule has 0 aromatic rings. The van der Waals surface area contributed by atoms with Gasteiger partial charge >= 0.3 is 5.97 Å². The number of carboxylic acids is 1. The Kier molecular flexibility index (Phi) is 4.73. The Morgan fingerprint density at radius 1 is 1.33 bits per heavy atom. The molecule has 0 saturated carbocycles. The van der Waals surface area contributed by atoms with Crippen LogP contribution in [0.25, 0.3) is 0 Å². The molecule has 0 bridgehead atoms. The number of aliphatic carboxylic acids is 1. The molecule has 0 rings (SSSR count). The van der Waals surface area contributed by atoms with Crippen LogP contribution < -0.4 is 5.32 Å². The van der Waals surface area contributed by atoms with Crippen LogP contribution in [-0.2, 0) is 19.4 Å². The maximum absolute atomic E-state index is 11.4. The molecule has 7 heteroatoms. The van der Waals surface area contributed by atoms with Crippen molar-refractivity contribution >= 4 is 21.7 Å². The van der Waals surface area contributed by atoms with Crippen LogP contribution in [0.4, 0.5) is 0 Å². The van der Waals surface area contributed by atoms with E-state index in [1.54, 1.807) is 0 Å². The molecule has 0 heterocycles. The van der Waals surface area contributed by atoms with Gasteiger partial charge in [-0.3, -0.25) is 4.79 Å². The van der Waals surface area contributed by atoms with E-state index in [2.05, 4.69) is 5.32 Å². The number of carbonyl (C=O) groups excluding carboxylic acids is 1. The van der Waals surface area contributed by atoms with Crippen LogP contribution in [0.3, 0.4) is 0 Å². The maximum atomic E-state index is 11.4. The number of sulfone groups is 1. The Morgan fingerprint density at radius 3 is 2.07 bits per heavy atom. The molecule has 0 spiro atoms. The molecule has 1 amide bonds. The van der Waals surface area contributed by atoms with Gasteiger partial charge in [-0.25, -0.2) is 13.2 Å². The molecule has 88 valence electrons. The molecule has 0 aliphatic carbocycles. The number of hydrogen-bond acceptors (Lipinski definition) is 4. The van der Waals surface area contributed by atoms with E-state index in [4.69, 9.17) is 5.11 Å². The third-order valence-electron chi connectivity index (χ3n) is 1.79. The molecule has 15 heavy (non-hydrogen) atoms. The van der Waals surface area contributed by atoms with Crippen LogP contribution in [0.2, 0.25) is 0 Å². The highest BCUT2D eigenvalue weighted by atomic mass is 32.2. The lowest BCUT2D eigenvalue weighted by Crippen LogP contribution is -2.45. The van der Waals surface area contributed by atoms with Gasteiger partial charge in [0.15, 0.2) is 9.84 Å². The highest BCUT2D eigenvalue weighted by Crippen LogP contribution is 2.03. The van der Waals surface area contributed by atoms with E-state index in [1.807, 2.05) is 0 Å². The molecule has 0 aliphatic heterocycles. The fraction of sp³-hybridized carbons (Fsp3) is 0.750. The van der Waals surface area contributed by atoms with Crippen LogP contribution in [0.1, 0.15) is 20.8 Å². The summed E-state index contributed by atoms with van der Waals surface area (Å²) >= 11 is 0. The van der Waals surface area contributed by atoms with Gasteiger partial charge in [-0.2, -0.15) is 0 Å². The fourth-order valence-electron chi connectivity index (χ4n) is 0.845. The maximum Gasteiger partial charge on any atom is 0.327 e. The van der Waals surface area contributed by atoms with Gasteiger partial charge in [0.25, 0.3) is 0 Å². The van der Waals surface area contributed by atoms with Crippen LogP contribution in [-0.4, -0.2) is 42.4 Å². The molecule has 2 N–H and O–H groups in total. The molecule has 0 aromatic heterocycles. The van der Waals surface area contributed by atoms with Crippen LogP contribution in [0, 0.1) is 0 Å². The van der Waals surface area contributed by atoms with E-state index >= 15 is 0 Å². The van der Waals surface area contributed by atoms with Crippen LogP contribution >= 0.6 is 0 Å². The van der Waals surface area contributed by atoms with Gasteiger partial charge in [0.05, 0.1) is 11.0 Å². The molecule has 1 unspecified atom stereocenters. The fourth-order valence-corrected chi connectivity index (χ4v) is 1.92. The molecule has 1 atom stereocenters. The Balaban J connectivity index is 4.70. The molecular weight excluding hydrogens is 222 g/mol. The van der Waals surface area contributed by atoms with Crippen molar-refractivity contribution in [3.05, 3.63) is 0 Å². The van der Waals surface area contributed by atoms with Gasteiger partial charge in [-0.1, -0.05) is 0 Å². The summed E-state index contributed by atoms with van der Waals surface area (Å²) in [5.74, 6) is -2.50. The van der Waals surface area contributed by atoms with Gasteiger partial charge < -0.3 is 10.4 Å². The second-order valence-electron chi connectivity index (χ2n) is 3.47. The van der Waals surface area contributed by atoms with Crippen molar-refractivity contribution in [3.63, 3.8) is 0 Å². The number of nitrogens with one attached hydrogen (secondary N) is 1. The lowest BCUT2D eigenvalue weighted by molar-refractivity contribution is -0.140. The van der Waals surface area contributed by atoms with E-state index in [-0.39, 0.29) is 0 Å². The number of carbonyl (C=O) groups is 2. The highest BCUT2D eigenvalue weighted by molar-refractivity contribution is 7.92. The zero-order valence-corrected chi connectivity index (χ0v) is 9.67. The second-order valence-corrected chi connectivity index (χ2v) is 6.07. The van der Waals surface area contributed by atoms with Crippen molar-refractivity contribution in [2.24, 2.45) is 0 Å². The largest absolute Gasteiger partial charge is 0.480 e. The predicted molar refractivity (Wildman–Crippen MR) is 54.2 cm³/mol. The van der Waals surface area contributed by atoms with Gasteiger partial charge in [0.2, 0.25) is 5.91 Å². The lowest BCUT2D eigenvalue weighted by atomic mass is 10.3. The molecule has 0 aromatic carbocycles. The summed E-state index contributed by atoms with van der Waals surface area (Å²) in [6.07, 6.45) is 0. The number of rotatable bonds is 5. The van der Waals surface area contributed by atoms with Crippen molar-refractivity contribution in [2.75, 3.05) is 5.75 Å². The minimum absolute atomic E-state index is 0.568. The van der Waals surface area contributed by atoms with E-state index < -0.39 is 38.8 Å². The Hall–Kier alpha value is -1.11. The predicted octanol–water partition coefficient (Wildman–Crippen LogP) is -0.601. The van der Waals surface area contributed by atoms with Crippen molar-refractivity contribution in [3.8, 4) is 0 Å². The van der Waals surface area contributed by atoms with Gasteiger partial charge in [0.1, 0.15) is 6.04 Å². The topological polar surface area (TPSA) is 101 Å². The summed E-state index contributed by atoms with van der Waals surface area (Å²) in [6, 6.07) is -1.38. The summed E-state index contributed by atoms with van der Waals surface area (Å²) in [5.41, 5.74) is 0. The quantitative estimate of drug-likeness (QED) is 0.665. The van der Waals surface area contributed by atoms with Gasteiger partial charge in [-0.15, -0.1) is 0 Å². The van der Waals surface area contributed by atoms with Gasteiger partial charge in [0, 0.05) is 6.92 Å². The third kappa shape index (κ3) is 4.78. The smallest absolute Gasteiger partial charge is 0.327 e. The van der Waals surface area contributed by atoms with Crippen molar-refractivity contribution in [1.82, 2.24) is 5.32 Å². The number of carboxylic acid groups (broad SMARTS) is 1. The first-order chi connectivity index (χ1) is 6.66. The first kappa shape index (κ1) is 13.9. The first-order valence-electron chi connectivity index (χ1n) is 4.38. The van der Waals surface area contributed by atoms with Crippen molar-refractivity contribution in [2.45, 2.75) is 32.1 Å². The molecule has 0 aliphatic rings. The minimum atomic E-state index is -3.48. The van der Waals surface area contributed by atoms with Crippen molar-refractivity contribution < 1.29 is 23.1 Å². The standard InChI is InChI=1S/C8H15NO5S/c1-5(2)15(13,14)4-7(8(11)12)9-6(3)10/h5,7H,4H2,1-3H3,(H,9,10)(H,11,12). The van der Waals surface area contributed by atoms with E-state index in [0.29, 0.717) is 0 Å². The Bertz CT molecular complexity index is 346. The third-order valence-corrected chi connectivity index (χ3v) is 4.03. The number of amides is 1. The summed E-state index contributed by atoms with van der Waals surface area (Å²) in [5, 5.41) is 10.1. The van der Waals surface area contributed by atoms with E-state index in [9.17, 15) is 18.0 Å². The average Bonchev–Trinajstić information content (AvgIpc) is 2.01. The molecule has 0 fully saturated rings. The Labute approximate surface area is 88.6 Å². The zero-order chi connectivity index (χ0) is 12.2. The van der Waals surface area contributed by atoms with Crippen LogP contribution in [0.5, 0.6) is 0 Å². The molecule has 0 saturated heterocycles. The summed E-state index contributed by atoms with van der Waals surface area (Å²) in [6.45, 7) is 4.06. The minimum Gasteiger partial charge on any atom is -0.480 e. The zero-order valence-electron chi connectivity index (χ0n) is 8.85. The SMILES string of the molecule is CC(=O)NC(CS(=O)(=O)C(C)C)C(=O)O.